The molecule has 3 heterocycles. The van der Waals surface area contributed by atoms with E-state index in [-0.39, 0.29) is 0 Å². The molecular weight excluding hydrogens is 520 g/mol. The molecule has 0 bridgehead atoms. The van der Waals surface area contributed by atoms with E-state index in [0.717, 1.165) is 38.9 Å². The van der Waals surface area contributed by atoms with E-state index in [1.54, 1.807) is 0 Å². The Morgan fingerprint density at radius 2 is 0.951 bits per heavy atom. The van der Waals surface area contributed by atoms with E-state index in [0.29, 0.717) is 17.5 Å². The summed E-state index contributed by atoms with van der Waals surface area (Å²) in [4.78, 5) is 20.3. The van der Waals surface area contributed by atoms with Gasteiger partial charge in [0.25, 0.3) is 0 Å². The maximum atomic E-state index is 5.38. The SMILES string of the molecule is c1ccc(-c2nc(-c3ccccc3)nc(-c3cccc4c3nc(-c3ccccc3)c3c5ccccc5sc43)n2)cc1. The van der Waals surface area contributed by atoms with Crippen LogP contribution in [0.3, 0.4) is 0 Å². The average molecular weight is 543 g/mol. The molecule has 0 saturated heterocycles. The molecule has 0 saturated carbocycles. The number of fused-ring (bicyclic) bond motifs is 5. The Balaban J connectivity index is 1.46. The first kappa shape index (κ1) is 23.6. The molecule has 192 valence electrons. The summed E-state index contributed by atoms with van der Waals surface area (Å²) in [6.07, 6.45) is 0. The molecule has 5 heteroatoms. The monoisotopic (exact) mass is 542 g/mol. The van der Waals surface area contributed by atoms with Crippen molar-refractivity contribution in [3.05, 3.63) is 133 Å². The predicted molar refractivity (Wildman–Crippen MR) is 170 cm³/mol. The fourth-order valence-electron chi connectivity index (χ4n) is 5.40. The molecule has 41 heavy (non-hydrogen) atoms. The minimum Gasteiger partial charge on any atom is -0.246 e. The van der Waals surface area contributed by atoms with Crippen LogP contribution in [0.5, 0.6) is 0 Å². The first-order chi connectivity index (χ1) is 20.3. The molecule has 0 N–H and O–H groups in total. The van der Waals surface area contributed by atoms with Gasteiger partial charge < -0.3 is 0 Å². The highest BCUT2D eigenvalue weighted by atomic mass is 32.1. The largest absolute Gasteiger partial charge is 0.246 e. The van der Waals surface area contributed by atoms with Crippen LogP contribution in [0.15, 0.2) is 133 Å². The Labute approximate surface area is 240 Å². The summed E-state index contributed by atoms with van der Waals surface area (Å²) in [5, 5.41) is 3.51. The first-order valence-corrected chi connectivity index (χ1v) is 14.3. The number of rotatable bonds is 4. The standard InChI is InChI=1S/C36H22N4S/c1-4-13-23(14-5-1)31-30-26-19-10-11-22-29(26)41-33(30)27-20-12-21-28(32(27)37-31)36-39-34(24-15-6-2-7-16-24)38-35(40-36)25-17-8-3-9-18-25/h1-22H. The first-order valence-electron chi connectivity index (χ1n) is 13.5. The van der Waals surface area contributed by atoms with Crippen LogP contribution in [0.2, 0.25) is 0 Å². The normalized spacial score (nSPS) is 11.4. The van der Waals surface area contributed by atoms with Crippen LogP contribution in [0.4, 0.5) is 0 Å². The Hall–Kier alpha value is -5.26. The minimum atomic E-state index is 0.607. The molecule has 8 aromatic rings. The number of benzene rings is 5. The zero-order valence-electron chi connectivity index (χ0n) is 21.9. The van der Waals surface area contributed by atoms with Gasteiger partial charge in [0.2, 0.25) is 0 Å². The third-order valence-corrected chi connectivity index (χ3v) is 8.53. The summed E-state index contributed by atoms with van der Waals surface area (Å²) in [6, 6.07) is 45.5. The van der Waals surface area contributed by atoms with Crippen molar-refractivity contribution in [2.75, 3.05) is 0 Å². The van der Waals surface area contributed by atoms with Crippen molar-refractivity contribution in [1.82, 2.24) is 19.9 Å². The molecule has 0 radical (unpaired) electrons. The lowest BCUT2D eigenvalue weighted by Gasteiger charge is -2.12. The molecule has 0 unspecified atom stereocenters. The maximum Gasteiger partial charge on any atom is 0.166 e. The van der Waals surface area contributed by atoms with Gasteiger partial charge >= 0.3 is 0 Å². The number of hydrogen-bond donors (Lipinski definition) is 0. The third kappa shape index (κ3) is 4.06. The number of para-hydroxylation sites is 1. The Kier molecular flexibility index (Phi) is 5.61. The van der Waals surface area contributed by atoms with Gasteiger partial charge in [-0.15, -0.1) is 11.3 Å². The molecule has 0 amide bonds. The van der Waals surface area contributed by atoms with E-state index in [1.165, 1.54) is 20.2 Å². The molecule has 0 spiro atoms. The average Bonchev–Trinajstić information content (AvgIpc) is 3.45. The van der Waals surface area contributed by atoms with Gasteiger partial charge in [0.15, 0.2) is 17.5 Å². The van der Waals surface area contributed by atoms with Crippen LogP contribution in [-0.4, -0.2) is 19.9 Å². The third-order valence-electron chi connectivity index (χ3n) is 7.32. The Bertz CT molecular complexity index is 2130. The molecule has 3 aromatic heterocycles. The molecule has 0 atom stereocenters. The van der Waals surface area contributed by atoms with E-state index in [9.17, 15) is 0 Å². The molecular formula is C36H22N4S. The lowest BCUT2D eigenvalue weighted by molar-refractivity contribution is 1.07. The molecule has 4 nitrogen and oxygen atoms in total. The summed E-state index contributed by atoms with van der Waals surface area (Å²) < 4.78 is 2.47. The van der Waals surface area contributed by atoms with E-state index < -0.39 is 0 Å². The van der Waals surface area contributed by atoms with Gasteiger partial charge in [-0.25, -0.2) is 19.9 Å². The van der Waals surface area contributed by atoms with Gasteiger partial charge in [0.1, 0.15) is 0 Å². The van der Waals surface area contributed by atoms with Crippen molar-refractivity contribution in [1.29, 1.82) is 0 Å². The number of nitrogens with zero attached hydrogens (tertiary/aromatic N) is 4. The fourth-order valence-corrected chi connectivity index (χ4v) is 6.63. The van der Waals surface area contributed by atoms with E-state index in [4.69, 9.17) is 19.9 Å². The molecule has 0 aliphatic heterocycles. The second kappa shape index (κ2) is 9.73. The van der Waals surface area contributed by atoms with Crippen LogP contribution in [-0.2, 0) is 0 Å². The number of hydrogen-bond acceptors (Lipinski definition) is 5. The summed E-state index contributed by atoms with van der Waals surface area (Å²) >= 11 is 1.81. The van der Waals surface area contributed by atoms with Crippen molar-refractivity contribution < 1.29 is 0 Å². The number of thiophene rings is 1. The van der Waals surface area contributed by atoms with Crippen LogP contribution in [0.1, 0.15) is 0 Å². The predicted octanol–water partition coefficient (Wildman–Crippen LogP) is 9.46. The highest BCUT2D eigenvalue weighted by Gasteiger charge is 2.20. The van der Waals surface area contributed by atoms with Crippen molar-refractivity contribution in [2.24, 2.45) is 0 Å². The fraction of sp³-hybridized carbons (Fsp3) is 0. The van der Waals surface area contributed by atoms with Crippen LogP contribution >= 0.6 is 11.3 Å². The molecule has 0 fully saturated rings. The topological polar surface area (TPSA) is 51.6 Å². The van der Waals surface area contributed by atoms with E-state index >= 15 is 0 Å². The van der Waals surface area contributed by atoms with Crippen molar-refractivity contribution >= 4 is 42.4 Å². The van der Waals surface area contributed by atoms with Gasteiger partial charge in [0, 0.05) is 47.8 Å². The van der Waals surface area contributed by atoms with Crippen molar-refractivity contribution in [3.8, 4) is 45.4 Å². The second-order valence-electron chi connectivity index (χ2n) is 9.87. The summed E-state index contributed by atoms with van der Waals surface area (Å²) in [5.74, 6) is 1.88. The molecule has 8 rings (SSSR count). The van der Waals surface area contributed by atoms with Gasteiger partial charge in [-0.05, 0) is 12.1 Å². The van der Waals surface area contributed by atoms with Gasteiger partial charge in [0.05, 0.1) is 11.2 Å². The van der Waals surface area contributed by atoms with Crippen LogP contribution in [0.25, 0.3) is 76.5 Å². The van der Waals surface area contributed by atoms with Gasteiger partial charge in [-0.3, -0.25) is 0 Å². The summed E-state index contributed by atoms with van der Waals surface area (Å²) in [5.41, 5.74) is 5.71. The van der Waals surface area contributed by atoms with Crippen molar-refractivity contribution in [2.45, 2.75) is 0 Å². The second-order valence-corrected chi connectivity index (χ2v) is 10.9. The Morgan fingerprint density at radius 1 is 0.415 bits per heavy atom. The maximum absolute atomic E-state index is 5.38. The highest BCUT2D eigenvalue weighted by Crippen LogP contribution is 2.44. The highest BCUT2D eigenvalue weighted by molar-refractivity contribution is 7.26. The van der Waals surface area contributed by atoms with Crippen LogP contribution < -0.4 is 0 Å². The van der Waals surface area contributed by atoms with E-state index in [2.05, 4.69) is 66.7 Å². The van der Waals surface area contributed by atoms with E-state index in [1.807, 2.05) is 78.1 Å². The summed E-state index contributed by atoms with van der Waals surface area (Å²) in [6.45, 7) is 0. The van der Waals surface area contributed by atoms with Crippen molar-refractivity contribution in [3.63, 3.8) is 0 Å². The molecule has 0 aliphatic rings. The smallest absolute Gasteiger partial charge is 0.166 e. The zero-order chi connectivity index (χ0) is 27.2. The molecule has 0 aliphatic carbocycles. The lowest BCUT2D eigenvalue weighted by atomic mass is 10.0. The lowest BCUT2D eigenvalue weighted by Crippen LogP contribution is -2.01. The number of aromatic nitrogens is 4. The summed E-state index contributed by atoms with van der Waals surface area (Å²) in [7, 11) is 0. The van der Waals surface area contributed by atoms with Gasteiger partial charge in [-0.1, -0.05) is 121 Å². The Morgan fingerprint density at radius 3 is 1.61 bits per heavy atom. The minimum absolute atomic E-state index is 0.607. The van der Waals surface area contributed by atoms with Gasteiger partial charge in [-0.2, -0.15) is 0 Å². The quantitative estimate of drug-likeness (QED) is 0.222. The molecule has 5 aromatic carbocycles. The number of pyridine rings is 1. The van der Waals surface area contributed by atoms with Crippen LogP contribution in [0, 0.1) is 0 Å². The zero-order valence-corrected chi connectivity index (χ0v) is 22.7.